The molecule has 1 aliphatic rings. The smallest absolute Gasteiger partial charge is 0.407 e. The number of cyclic esters (lactones) is 1. The molecule has 2 N–H and O–H groups in total. The van der Waals surface area contributed by atoms with Crippen LogP contribution in [0.3, 0.4) is 0 Å². The molecule has 112 valence electrons. The molecule has 2 heterocycles. The van der Waals surface area contributed by atoms with Crippen LogP contribution < -0.4 is 5.31 Å². The first-order valence-corrected chi connectivity index (χ1v) is 5.94. The number of carbonyl (C=O) groups excluding carboxylic acids is 1. The van der Waals surface area contributed by atoms with Gasteiger partial charge >= 0.3 is 6.09 Å². The van der Waals surface area contributed by atoms with Gasteiger partial charge in [-0.05, 0) is 50.0 Å². The highest BCUT2D eigenvalue weighted by Gasteiger charge is 2.22. The van der Waals surface area contributed by atoms with Gasteiger partial charge in [0.2, 0.25) is 0 Å². The summed E-state index contributed by atoms with van der Waals surface area (Å²) in [5.41, 5.74) is -0.838. The zero-order chi connectivity index (χ0) is 27.9. The summed E-state index contributed by atoms with van der Waals surface area (Å²) >= 11 is 0. The van der Waals surface area contributed by atoms with Crippen molar-refractivity contribution >= 4 is 17.0 Å². The molecule has 21 heavy (non-hydrogen) atoms. The van der Waals surface area contributed by atoms with E-state index in [9.17, 15) is 4.79 Å². The van der Waals surface area contributed by atoms with E-state index in [1.807, 2.05) is 0 Å². The lowest BCUT2D eigenvalue weighted by Gasteiger charge is -2.09. The third-order valence-electron chi connectivity index (χ3n) is 2.75. The van der Waals surface area contributed by atoms with Gasteiger partial charge in [-0.3, -0.25) is 0 Å². The van der Waals surface area contributed by atoms with Gasteiger partial charge in [-0.1, -0.05) is 6.07 Å². The van der Waals surface area contributed by atoms with Crippen molar-refractivity contribution in [2.24, 2.45) is 0 Å². The summed E-state index contributed by atoms with van der Waals surface area (Å²) in [5, 5.41) is -0.434. The van der Waals surface area contributed by atoms with E-state index in [4.69, 9.17) is 20.6 Å². The van der Waals surface area contributed by atoms with Gasteiger partial charge in [0.15, 0.2) is 2.82 Å². The van der Waals surface area contributed by atoms with Gasteiger partial charge in [0.1, 0.15) is 6.56 Å². The Morgan fingerprint density at radius 1 is 1.67 bits per heavy atom. The fourth-order valence-electron chi connectivity index (χ4n) is 1.87. The van der Waals surface area contributed by atoms with Crippen LogP contribution in [-0.4, -0.2) is 49.0 Å². The Bertz CT molecular complexity index is 1170. The number of rotatable bonds is 5. The predicted molar refractivity (Wildman–Crippen MR) is 82.5 cm³/mol. The lowest BCUT2D eigenvalue weighted by Crippen LogP contribution is -2.28. The summed E-state index contributed by atoms with van der Waals surface area (Å²) in [5.74, 6) is 0. The second kappa shape index (κ2) is 5.77. The van der Waals surface area contributed by atoms with Gasteiger partial charge < -0.3 is 19.9 Å². The van der Waals surface area contributed by atoms with Gasteiger partial charge in [0.05, 0.1) is 10.1 Å². The van der Waals surface area contributed by atoms with Crippen molar-refractivity contribution in [2.75, 3.05) is 27.1 Å². The molecule has 0 saturated carbocycles. The first kappa shape index (κ1) is 4.74. The van der Waals surface area contributed by atoms with Crippen molar-refractivity contribution in [3.63, 3.8) is 0 Å². The number of hydrogen-bond donors (Lipinski definition) is 2. The van der Waals surface area contributed by atoms with E-state index in [0.717, 1.165) is 24.4 Å². The fraction of sp³-hybridized carbons (Fsp3) is 0.438. The number of fused-ring (bicyclic) bond motifs is 1. The van der Waals surface area contributed by atoms with E-state index in [1.54, 1.807) is 0 Å². The molecule has 1 aliphatic heterocycles. The van der Waals surface area contributed by atoms with Crippen LogP contribution in [0.1, 0.15) is 28.9 Å². The topological polar surface area (TPSA) is 57.4 Å². The number of likely N-dealkylation sites (N-methyl/N-ethyl adjacent to an activating group) is 1. The second-order valence-electron chi connectivity index (χ2n) is 4.22. The Morgan fingerprint density at radius 3 is 3.33 bits per heavy atom. The van der Waals surface area contributed by atoms with Crippen molar-refractivity contribution in [3.05, 3.63) is 35.5 Å². The molecular formula is C16H21N3O2. The second-order valence-corrected chi connectivity index (χ2v) is 4.22. The normalized spacial score (nSPS) is 37.7. The van der Waals surface area contributed by atoms with E-state index in [1.165, 1.54) is 0 Å². The van der Waals surface area contributed by atoms with Crippen molar-refractivity contribution in [1.29, 1.82) is 0 Å². The van der Waals surface area contributed by atoms with E-state index < -0.39 is 57.5 Å². The van der Waals surface area contributed by atoms with Crippen molar-refractivity contribution in [2.45, 2.75) is 18.8 Å². The third kappa shape index (κ3) is 3.19. The lowest BCUT2D eigenvalue weighted by atomic mass is 10.0. The highest BCUT2D eigenvalue weighted by Crippen LogP contribution is 2.21. The third-order valence-corrected chi connectivity index (χ3v) is 2.75. The predicted octanol–water partition coefficient (Wildman–Crippen LogP) is 1.92. The summed E-state index contributed by atoms with van der Waals surface area (Å²) in [6.07, 6.45) is -6.45. The quantitative estimate of drug-likeness (QED) is 0.887. The summed E-state index contributed by atoms with van der Waals surface area (Å²) < 4.78 is 123. The number of benzene rings is 1. The minimum atomic E-state index is -3.26. The lowest BCUT2D eigenvalue weighted by molar-refractivity contribution is 0.177. The first-order valence-electron chi connectivity index (χ1n) is 13.3. The Balaban J connectivity index is 2.17. The number of aromatic amines is 1. The van der Waals surface area contributed by atoms with E-state index in [2.05, 4.69) is 4.74 Å². The molecule has 0 radical (unpaired) electrons. The highest BCUT2D eigenvalue weighted by atomic mass is 16.6. The van der Waals surface area contributed by atoms with Crippen LogP contribution in [0.5, 0.6) is 0 Å². The Kier molecular flexibility index (Phi) is 1.30. The van der Waals surface area contributed by atoms with Gasteiger partial charge in [0.25, 0.3) is 0 Å². The maximum atomic E-state index is 11.8. The SMILES string of the molecule is [2H]N1C(=O)OC([2H])([2H])[C@]1([2H])C([2H])([2H])c1ccc2c(c1)c(C([2H])([2H])CN(C([2H])([2H])[2H])C([2H])([2H])[2H])cn2[2H]. The standard InChI is InChI=1S/C16H21N3O2/c1-19(2)6-5-12-9-17-15-4-3-11(8-14(12)15)7-13-10-21-16(20)18-13/h3-4,8-9,13,17H,5-7,10H2,1-2H3,(H,18,20)/t13-/m0/s1/i1D3,2D3,5D2,7D2,10D2,13D/hD2. The Hall–Kier alpha value is -2.01. The number of amides is 1. The van der Waals surface area contributed by atoms with Crippen molar-refractivity contribution in [3.8, 4) is 0 Å². The average molecular weight is 302 g/mol. The number of H-pyrrole nitrogens is 1. The molecule has 5 heteroatoms. The molecule has 3 rings (SSSR count). The largest absolute Gasteiger partial charge is 0.447 e. The molecule has 2 aromatic rings. The van der Waals surface area contributed by atoms with Crippen molar-refractivity contribution < 1.29 is 30.2 Å². The Morgan fingerprint density at radius 2 is 2.57 bits per heavy atom. The monoisotopic (exact) mass is 302 g/mol. The van der Waals surface area contributed by atoms with E-state index >= 15 is 0 Å². The minimum absolute atomic E-state index is 0.00300. The molecule has 1 aromatic heterocycles. The fourth-order valence-corrected chi connectivity index (χ4v) is 1.87. The number of aromatic nitrogens is 1. The van der Waals surface area contributed by atoms with Crippen LogP contribution in [0.4, 0.5) is 4.79 Å². The summed E-state index contributed by atoms with van der Waals surface area (Å²) in [6, 6.07) is -0.0313. The number of carbonyl (C=O) groups is 1. The van der Waals surface area contributed by atoms with Crippen LogP contribution in [-0.2, 0) is 17.5 Å². The molecule has 0 aliphatic carbocycles. The molecule has 1 aromatic carbocycles. The maximum absolute atomic E-state index is 11.8. The highest BCUT2D eigenvalue weighted by molar-refractivity contribution is 5.84. The van der Waals surface area contributed by atoms with Crippen LogP contribution >= 0.6 is 0 Å². The molecule has 0 unspecified atom stereocenters. The zero-order valence-electron chi connectivity index (χ0n) is 25.7. The molecular weight excluding hydrogens is 266 g/mol. The molecule has 1 fully saturated rings. The zero-order valence-corrected chi connectivity index (χ0v) is 10.7. The van der Waals surface area contributed by atoms with E-state index in [-0.39, 0.29) is 26.7 Å². The summed E-state index contributed by atoms with van der Waals surface area (Å²) in [4.78, 5) is 12.5. The molecule has 1 saturated heterocycles. The average Bonchev–Trinajstić information content (AvgIpc) is 3.12. The molecule has 0 bridgehead atoms. The Labute approximate surface area is 145 Å². The van der Waals surface area contributed by atoms with Gasteiger partial charge in [-0.2, -0.15) is 0 Å². The number of hydrogen-bond acceptors (Lipinski definition) is 3. The number of alkyl carbamates (subject to hydrolysis) is 1. The molecule has 1 atom stereocenters. The van der Waals surface area contributed by atoms with Crippen LogP contribution in [0.15, 0.2) is 24.4 Å². The van der Waals surface area contributed by atoms with Gasteiger partial charge in [0, 0.05) is 37.4 Å². The summed E-state index contributed by atoms with van der Waals surface area (Å²) in [7, 11) is 0. The van der Waals surface area contributed by atoms with Crippen LogP contribution in [0.2, 0.25) is 2.82 Å². The molecule has 1 amide bonds. The number of ether oxygens (including phenoxy) is 1. The van der Waals surface area contributed by atoms with E-state index in [0.29, 0.717) is 4.98 Å². The van der Waals surface area contributed by atoms with Crippen LogP contribution in [0.25, 0.3) is 10.9 Å². The van der Waals surface area contributed by atoms with Gasteiger partial charge in [-0.15, -0.1) is 0 Å². The molecule has 5 nitrogen and oxygen atoms in total. The summed E-state index contributed by atoms with van der Waals surface area (Å²) in [6.45, 7) is -10.8. The first-order chi connectivity index (χ1) is 16.0. The minimum Gasteiger partial charge on any atom is -0.447 e. The number of nitrogens with one attached hydrogen (secondary N) is 2. The van der Waals surface area contributed by atoms with Crippen LogP contribution in [0, 0.1) is 0 Å². The number of nitrogens with zero attached hydrogens (tertiary/aromatic N) is 1. The molecule has 0 spiro atoms. The van der Waals surface area contributed by atoms with Gasteiger partial charge in [-0.25, -0.2) is 4.79 Å². The maximum Gasteiger partial charge on any atom is 0.407 e. The van der Waals surface area contributed by atoms with Crippen molar-refractivity contribution in [1.82, 2.24) is 15.2 Å².